The van der Waals surface area contributed by atoms with Gasteiger partial charge in [0.25, 0.3) is 5.56 Å². The van der Waals surface area contributed by atoms with Crippen molar-refractivity contribution >= 4 is 28.7 Å². The van der Waals surface area contributed by atoms with Crippen LogP contribution in [0.15, 0.2) is 64.2 Å². The van der Waals surface area contributed by atoms with Crippen LogP contribution in [-0.2, 0) is 20.8 Å². The molecule has 0 saturated heterocycles. The van der Waals surface area contributed by atoms with E-state index in [0.717, 1.165) is 10.1 Å². The first-order valence-corrected chi connectivity index (χ1v) is 14.3. The Kier molecular flexibility index (Phi) is 9.75. The summed E-state index contributed by atoms with van der Waals surface area (Å²) in [5, 5.41) is 15.3. The maximum atomic E-state index is 13.9. The zero-order chi connectivity index (χ0) is 29.5. The van der Waals surface area contributed by atoms with Crippen LogP contribution in [0, 0.1) is 17.8 Å². The van der Waals surface area contributed by atoms with E-state index in [1.807, 2.05) is 44.2 Å². The highest BCUT2D eigenvalue weighted by Crippen LogP contribution is 2.28. The number of nitrogens with one attached hydrogen (secondary N) is 3. The number of benzene rings is 2. The number of rotatable bonds is 11. The number of carbonyl (C=O) groups is 3. The maximum absolute atomic E-state index is 13.9. The van der Waals surface area contributed by atoms with Gasteiger partial charge in [-0.05, 0) is 55.2 Å². The van der Waals surface area contributed by atoms with E-state index in [1.165, 1.54) is 0 Å². The smallest absolute Gasteiger partial charge is 0.329 e. The molecule has 0 aliphatic heterocycles. The second-order valence-corrected chi connectivity index (χ2v) is 11.0. The van der Waals surface area contributed by atoms with E-state index in [1.54, 1.807) is 24.3 Å². The van der Waals surface area contributed by atoms with Crippen LogP contribution in [0.2, 0.25) is 0 Å². The third kappa shape index (κ3) is 7.11. The molecule has 218 valence electrons. The largest absolute Gasteiger partial charge is 0.481 e. The van der Waals surface area contributed by atoms with Gasteiger partial charge in [-0.2, -0.15) is 0 Å². The van der Waals surface area contributed by atoms with Crippen molar-refractivity contribution in [1.82, 2.24) is 20.2 Å². The summed E-state index contributed by atoms with van der Waals surface area (Å²) in [4.78, 5) is 67.8. The molecule has 1 heterocycles. The molecule has 0 radical (unpaired) electrons. The van der Waals surface area contributed by atoms with Gasteiger partial charge in [0, 0.05) is 13.0 Å². The summed E-state index contributed by atoms with van der Waals surface area (Å²) in [7, 11) is 0. The van der Waals surface area contributed by atoms with E-state index in [-0.39, 0.29) is 35.5 Å². The monoisotopic (exact) mass is 562 g/mol. The average molecular weight is 563 g/mol. The third-order valence-electron chi connectivity index (χ3n) is 8.28. The molecule has 2 amide bonds. The number of carboxylic acid groups (broad SMARTS) is 1. The Morgan fingerprint density at radius 2 is 1.63 bits per heavy atom. The highest BCUT2D eigenvalue weighted by molar-refractivity contribution is 5.89. The minimum Gasteiger partial charge on any atom is -0.481 e. The quantitative estimate of drug-likeness (QED) is 0.282. The number of hydrogen-bond acceptors (Lipinski definition) is 5. The summed E-state index contributed by atoms with van der Waals surface area (Å²) >= 11 is 0. The van der Waals surface area contributed by atoms with Crippen molar-refractivity contribution in [2.45, 2.75) is 64.5 Å². The highest BCUT2D eigenvalue weighted by atomic mass is 16.4. The summed E-state index contributed by atoms with van der Waals surface area (Å²) in [6.45, 7) is 4.18. The fourth-order valence-electron chi connectivity index (χ4n) is 5.52. The summed E-state index contributed by atoms with van der Waals surface area (Å²) in [5.74, 6) is -2.10. The van der Waals surface area contributed by atoms with E-state index >= 15 is 0 Å². The van der Waals surface area contributed by atoms with Gasteiger partial charge in [0.1, 0.15) is 12.1 Å². The predicted molar refractivity (Wildman–Crippen MR) is 155 cm³/mol. The molecule has 4 rings (SSSR count). The molecule has 1 saturated carbocycles. The van der Waals surface area contributed by atoms with Gasteiger partial charge in [0.15, 0.2) is 0 Å². The zero-order valence-corrected chi connectivity index (χ0v) is 23.5. The van der Waals surface area contributed by atoms with Crippen molar-refractivity contribution in [3.8, 4) is 0 Å². The van der Waals surface area contributed by atoms with E-state index in [9.17, 15) is 29.1 Å². The SMILES string of the molecule is CC[C@@H](C)[C@H](NC(=O)[C@H](Cc1ccccc1)n1c(=O)[nH]c2ccccc2c1=O)C(=O)NCC1CCC(C(=O)O)CC1. The number of H-pyrrole nitrogens is 1. The van der Waals surface area contributed by atoms with Crippen LogP contribution >= 0.6 is 0 Å². The van der Waals surface area contributed by atoms with Crippen molar-refractivity contribution in [3.63, 3.8) is 0 Å². The molecule has 41 heavy (non-hydrogen) atoms. The van der Waals surface area contributed by atoms with Gasteiger partial charge in [0.05, 0.1) is 16.8 Å². The number of amides is 2. The molecular formula is C31H38N4O6. The first-order valence-electron chi connectivity index (χ1n) is 14.3. The van der Waals surface area contributed by atoms with Crippen LogP contribution < -0.4 is 21.9 Å². The highest BCUT2D eigenvalue weighted by Gasteiger charge is 2.33. The molecule has 10 nitrogen and oxygen atoms in total. The Hall–Kier alpha value is -4.21. The molecule has 1 aliphatic carbocycles. The molecular weight excluding hydrogens is 524 g/mol. The lowest BCUT2D eigenvalue weighted by Gasteiger charge is -2.29. The van der Waals surface area contributed by atoms with Crippen molar-refractivity contribution in [2.24, 2.45) is 17.8 Å². The van der Waals surface area contributed by atoms with Crippen molar-refractivity contribution in [2.75, 3.05) is 6.54 Å². The fourth-order valence-corrected chi connectivity index (χ4v) is 5.52. The van der Waals surface area contributed by atoms with Gasteiger partial charge >= 0.3 is 11.7 Å². The second kappa shape index (κ2) is 13.4. The lowest BCUT2D eigenvalue weighted by molar-refractivity contribution is -0.143. The Bertz CT molecular complexity index is 1490. The molecule has 1 aliphatic rings. The summed E-state index contributed by atoms with van der Waals surface area (Å²) in [6, 6.07) is 13.7. The van der Waals surface area contributed by atoms with Crippen LogP contribution in [0.3, 0.4) is 0 Å². The van der Waals surface area contributed by atoms with Gasteiger partial charge in [-0.25, -0.2) is 9.36 Å². The predicted octanol–water partition coefficient (Wildman–Crippen LogP) is 3.01. The number of fused-ring (bicyclic) bond motifs is 1. The second-order valence-electron chi connectivity index (χ2n) is 11.0. The number of aromatic amines is 1. The summed E-state index contributed by atoms with van der Waals surface area (Å²) in [6.07, 6.45) is 3.28. The number of nitrogens with zero attached hydrogens (tertiary/aromatic N) is 1. The van der Waals surface area contributed by atoms with Gasteiger partial charge < -0.3 is 20.7 Å². The van der Waals surface area contributed by atoms with Crippen LogP contribution in [0.25, 0.3) is 10.9 Å². The summed E-state index contributed by atoms with van der Waals surface area (Å²) in [5.41, 5.74) is -0.145. The molecule has 3 aromatic rings. The van der Waals surface area contributed by atoms with Crippen LogP contribution in [0.4, 0.5) is 0 Å². The molecule has 10 heteroatoms. The number of hydrogen-bond donors (Lipinski definition) is 4. The standard InChI is InChI=1S/C31H38N4O6/c1-3-19(2)26(28(37)32-18-21-13-15-22(16-14-21)30(39)40)34-27(36)25(17-20-9-5-4-6-10-20)35-29(38)23-11-7-8-12-24(23)33-31(35)41/h4-12,19,21-22,25-26H,3,13-18H2,1-2H3,(H,32,37)(H,33,41)(H,34,36)(H,39,40)/t19-,21?,22?,25+,26+/m1/s1. The lowest BCUT2D eigenvalue weighted by atomic mass is 9.82. The van der Waals surface area contributed by atoms with E-state index in [2.05, 4.69) is 15.6 Å². The first kappa shape index (κ1) is 29.8. The van der Waals surface area contributed by atoms with Gasteiger partial charge in [-0.1, -0.05) is 62.7 Å². The number of para-hydroxylation sites is 1. The Morgan fingerprint density at radius 1 is 0.976 bits per heavy atom. The Labute approximate surface area is 238 Å². The van der Waals surface area contributed by atoms with E-state index in [0.29, 0.717) is 44.2 Å². The molecule has 1 fully saturated rings. The molecule has 4 N–H and O–H groups in total. The Balaban J connectivity index is 1.57. The average Bonchev–Trinajstić information content (AvgIpc) is 2.98. The van der Waals surface area contributed by atoms with E-state index in [4.69, 9.17) is 0 Å². The fraction of sp³-hybridized carbons (Fsp3) is 0.452. The molecule has 0 unspecified atom stereocenters. The normalized spacial score (nSPS) is 19.2. The zero-order valence-electron chi connectivity index (χ0n) is 23.5. The molecule has 2 aromatic carbocycles. The van der Waals surface area contributed by atoms with E-state index < -0.39 is 35.2 Å². The Morgan fingerprint density at radius 3 is 2.29 bits per heavy atom. The van der Waals surface area contributed by atoms with Crippen molar-refractivity contribution < 1.29 is 19.5 Å². The number of carbonyl (C=O) groups excluding carboxylic acids is 2. The molecule has 3 atom stereocenters. The van der Waals surface area contributed by atoms with Gasteiger partial charge in [0.2, 0.25) is 11.8 Å². The number of aliphatic carboxylic acids is 1. The van der Waals surface area contributed by atoms with Crippen LogP contribution in [-0.4, -0.2) is 45.0 Å². The first-order chi connectivity index (χ1) is 19.7. The van der Waals surface area contributed by atoms with Gasteiger partial charge in [-0.15, -0.1) is 0 Å². The van der Waals surface area contributed by atoms with Crippen molar-refractivity contribution in [1.29, 1.82) is 0 Å². The van der Waals surface area contributed by atoms with Crippen LogP contribution in [0.5, 0.6) is 0 Å². The van der Waals surface area contributed by atoms with Gasteiger partial charge in [-0.3, -0.25) is 19.2 Å². The third-order valence-corrected chi connectivity index (χ3v) is 8.28. The minimum atomic E-state index is -1.19. The molecule has 0 bridgehead atoms. The lowest BCUT2D eigenvalue weighted by Crippen LogP contribution is -2.54. The van der Waals surface area contributed by atoms with Crippen molar-refractivity contribution in [3.05, 3.63) is 81.0 Å². The summed E-state index contributed by atoms with van der Waals surface area (Å²) < 4.78 is 0.942. The molecule has 1 aromatic heterocycles. The van der Waals surface area contributed by atoms with Crippen LogP contribution in [0.1, 0.15) is 57.6 Å². The number of aromatic nitrogens is 2. The number of carboxylic acids is 1. The molecule has 0 spiro atoms. The maximum Gasteiger partial charge on any atom is 0.329 e. The topological polar surface area (TPSA) is 150 Å². The minimum absolute atomic E-state index is 0.0790.